The lowest BCUT2D eigenvalue weighted by atomic mass is 9.96. The summed E-state index contributed by atoms with van der Waals surface area (Å²) in [6.07, 6.45) is 3.36. The number of aromatic amines is 1. The van der Waals surface area contributed by atoms with Crippen molar-refractivity contribution in [3.8, 4) is 0 Å². The Balaban J connectivity index is 1.37. The number of anilines is 3. The van der Waals surface area contributed by atoms with Crippen molar-refractivity contribution in [3.05, 3.63) is 30.0 Å². The van der Waals surface area contributed by atoms with E-state index in [2.05, 4.69) is 25.7 Å². The maximum Gasteiger partial charge on any atom is 0.407 e. The van der Waals surface area contributed by atoms with Crippen molar-refractivity contribution in [1.29, 1.82) is 0 Å². The Labute approximate surface area is 157 Å². The number of pyridine rings is 1. The fourth-order valence-electron chi connectivity index (χ4n) is 4.25. The number of nitrogens with one attached hydrogen (secondary N) is 3. The van der Waals surface area contributed by atoms with Crippen LogP contribution < -0.4 is 15.5 Å². The number of carbonyl (C=O) groups is 1. The average molecular weight is 368 g/mol. The number of rotatable bonds is 0. The van der Waals surface area contributed by atoms with Crippen LogP contribution in [0.4, 0.5) is 22.2 Å². The van der Waals surface area contributed by atoms with Gasteiger partial charge in [0, 0.05) is 37.3 Å². The van der Waals surface area contributed by atoms with Crippen molar-refractivity contribution < 1.29 is 9.53 Å². The van der Waals surface area contributed by atoms with Gasteiger partial charge in [-0.2, -0.15) is 5.10 Å². The molecule has 0 radical (unpaired) electrons. The van der Waals surface area contributed by atoms with Gasteiger partial charge in [-0.15, -0.1) is 0 Å². The molecule has 8 bridgehead atoms. The number of aromatic nitrogens is 3. The van der Waals surface area contributed by atoms with Crippen LogP contribution in [-0.2, 0) is 4.74 Å². The van der Waals surface area contributed by atoms with Crippen LogP contribution in [0.15, 0.2) is 24.3 Å². The van der Waals surface area contributed by atoms with Crippen molar-refractivity contribution in [2.45, 2.75) is 37.7 Å². The van der Waals surface area contributed by atoms with Gasteiger partial charge in [0.15, 0.2) is 5.82 Å². The predicted molar refractivity (Wildman–Crippen MR) is 101 cm³/mol. The molecular formula is C19H24N6O2. The van der Waals surface area contributed by atoms with E-state index < -0.39 is 0 Å². The van der Waals surface area contributed by atoms with E-state index in [4.69, 9.17) is 9.72 Å². The molecule has 2 aromatic heterocycles. The van der Waals surface area contributed by atoms with Gasteiger partial charge in [-0.05, 0) is 43.7 Å². The lowest BCUT2D eigenvalue weighted by Crippen LogP contribution is -2.48. The van der Waals surface area contributed by atoms with Crippen molar-refractivity contribution in [2.24, 2.45) is 5.92 Å². The first-order valence-electron chi connectivity index (χ1n) is 9.72. The smallest absolute Gasteiger partial charge is 0.407 e. The molecule has 2 atom stereocenters. The number of fused-ring (bicyclic) bond motifs is 4. The zero-order chi connectivity index (χ0) is 18.2. The van der Waals surface area contributed by atoms with Gasteiger partial charge >= 0.3 is 6.09 Å². The highest BCUT2D eigenvalue weighted by molar-refractivity contribution is 5.67. The first kappa shape index (κ1) is 16.4. The Bertz CT molecular complexity index is 831. The van der Waals surface area contributed by atoms with E-state index in [9.17, 15) is 4.79 Å². The monoisotopic (exact) mass is 368 g/mol. The maximum absolute atomic E-state index is 12.0. The molecule has 1 amide bonds. The van der Waals surface area contributed by atoms with E-state index >= 15 is 0 Å². The van der Waals surface area contributed by atoms with Crippen molar-refractivity contribution >= 4 is 23.5 Å². The van der Waals surface area contributed by atoms with Crippen molar-refractivity contribution in [1.82, 2.24) is 20.5 Å². The first-order chi connectivity index (χ1) is 13.2. The van der Waals surface area contributed by atoms with Crippen LogP contribution in [0, 0.1) is 5.92 Å². The van der Waals surface area contributed by atoms with Crippen LogP contribution in [0.1, 0.15) is 37.3 Å². The highest BCUT2D eigenvalue weighted by atomic mass is 16.6. The molecule has 5 heterocycles. The Morgan fingerprint density at radius 3 is 3.00 bits per heavy atom. The molecule has 4 aliphatic rings. The molecule has 8 nitrogen and oxygen atoms in total. The van der Waals surface area contributed by atoms with Gasteiger partial charge in [0.05, 0.1) is 0 Å². The highest BCUT2D eigenvalue weighted by Crippen LogP contribution is 2.36. The Morgan fingerprint density at radius 2 is 2.07 bits per heavy atom. The molecule has 0 unspecified atom stereocenters. The second-order valence-corrected chi connectivity index (χ2v) is 7.74. The number of alkyl carbamates (subject to hydrolysis) is 1. The van der Waals surface area contributed by atoms with Gasteiger partial charge in [-0.1, -0.05) is 6.07 Å². The third-order valence-corrected chi connectivity index (χ3v) is 5.79. The molecule has 3 aliphatic heterocycles. The highest BCUT2D eigenvalue weighted by Gasteiger charge is 2.31. The van der Waals surface area contributed by atoms with Crippen LogP contribution in [0.25, 0.3) is 0 Å². The Hall–Kier alpha value is -2.77. The Morgan fingerprint density at radius 1 is 1.15 bits per heavy atom. The maximum atomic E-state index is 12.0. The summed E-state index contributed by atoms with van der Waals surface area (Å²) in [6, 6.07) is 8.04. The van der Waals surface area contributed by atoms with Gasteiger partial charge in [-0.25, -0.2) is 9.78 Å². The van der Waals surface area contributed by atoms with E-state index in [0.717, 1.165) is 61.9 Å². The normalized spacial score (nSPS) is 27.5. The van der Waals surface area contributed by atoms with E-state index in [0.29, 0.717) is 18.4 Å². The number of amides is 1. The minimum Gasteiger partial charge on any atom is -0.446 e. The summed E-state index contributed by atoms with van der Waals surface area (Å²) in [4.78, 5) is 19.0. The summed E-state index contributed by atoms with van der Waals surface area (Å²) < 4.78 is 5.60. The van der Waals surface area contributed by atoms with Crippen LogP contribution in [0.5, 0.6) is 0 Å². The summed E-state index contributed by atoms with van der Waals surface area (Å²) in [5.41, 5.74) is 1.08. The van der Waals surface area contributed by atoms with Gasteiger partial charge in [0.25, 0.3) is 0 Å². The van der Waals surface area contributed by atoms with E-state index in [1.807, 2.05) is 24.3 Å². The van der Waals surface area contributed by atoms with Crippen LogP contribution in [-0.4, -0.2) is 47.0 Å². The Kier molecular flexibility index (Phi) is 4.10. The lowest BCUT2D eigenvalue weighted by molar-refractivity contribution is 0.0996. The summed E-state index contributed by atoms with van der Waals surface area (Å²) >= 11 is 0. The molecule has 27 heavy (non-hydrogen) atoms. The third kappa shape index (κ3) is 3.43. The standard InChI is InChI=1S/C19H24N6O2/c26-19-20-7-6-12-10-25(11-12)18-3-1-2-16(22-18)21-17-9-15(23-24-17)13-4-5-14(8-13)27-19/h1-3,9,12-14H,4-8,10-11H2,(H,20,26)(H2,21,22,23,24)/t13-,14+/m0/s1. The second-order valence-electron chi connectivity index (χ2n) is 7.74. The summed E-state index contributed by atoms with van der Waals surface area (Å²) in [5, 5.41) is 13.7. The number of carbonyl (C=O) groups excluding carboxylic acids is 1. The summed E-state index contributed by atoms with van der Waals surface area (Å²) in [5.74, 6) is 3.45. The molecule has 1 saturated heterocycles. The number of hydrogen-bond acceptors (Lipinski definition) is 6. The van der Waals surface area contributed by atoms with Crippen molar-refractivity contribution in [2.75, 3.05) is 29.9 Å². The molecule has 6 rings (SSSR count). The van der Waals surface area contributed by atoms with Gasteiger partial charge in [-0.3, -0.25) is 5.10 Å². The van der Waals surface area contributed by atoms with E-state index in [1.54, 1.807) is 0 Å². The first-order valence-corrected chi connectivity index (χ1v) is 9.72. The molecule has 0 aromatic carbocycles. The number of nitrogens with zero attached hydrogens (tertiary/aromatic N) is 3. The SMILES string of the molecule is O=C1NCCC2CN(C2)c2cccc(n2)Nc2cc([nH]n2)[C@H]2CC[C@H](C2)O1. The van der Waals surface area contributed by atoms with E-state index in [1.165, 1.54) is 0 Å². The molecule has 2 aromatic rings. The zero-order valence-corrected chi connectivity index (χ0v) is 15.1. The minimum atomic E-state index is -0.292. The molecule has 2 fully saturated rings. The fourth-order valence-corrected chi connectivity index (χ4v) is 4.25. The lowest BCUT2D eigenvalue weighted by Gasteiger charge is -2.40. The largest absolute Gasteiger partial charge is 0.446 e. The summed E-state index contributed by atoms with van der Waals surface area (Å²) in [6.45, 7) is 2.58. The molecular weight excluding hydrogens is 344 g/mol. The third-order valence-electron chi connectivity index (χ3n) is 5.79. The van der Waals surface area contributed by atoms with Crippen LogP contribution in [0.2, 0.25) is 0 Å². The minimum absolute atomic E-state index is 0.0221. The number of hydrogen-bond donors (Lipinski definition) is 3. The van der Waals surface area contributed by atoms with Gasteiger partial charge in [0.1, 0.15) is 17.7 Å². The molecule has 3 N–H and O–H groups in total. The topological polar surface area (TPSA) is 95.2 Å². The van der Waals surface area contributed by atoms with Crippen LogP contribution in [0.3, 0.4) is 0 Å². The quantitative estimate of drug-likeness (QED) is 0.662. The summed E-state index contributed by atoms with van der Waals surface area (Å²) in [7, 11) is 0. The zero-order valence-electron chi connectivity index (χ0n) is 15.1. The molecule has 8 heteroatoms. The average Bonchev–Trinajstić information content (AvgIpc) is 3.26. The van der Waals surface area contributed by atoms with Crippen molar-refractivity contribution in [3.63, 3.8) is 0 Å². The molecule has 1 aliphatic carbocycles. The van der Waals surface area contributed by atoms with Crippen LogP contribution >= 0.6 is 0 Å². The fraction of sp³-hybridized carbons (Fsp3) is 0.526. The van der Waals surface area contributed by atoms with Gasteiger partial charge < -0.3 is 20.3 Å². The number of H-pyrrole nitrogens is 1. The molecule has 1 saturated carbocycles. The second kappa shape index (κ2) is 6.75. The molecule has 142 valence electrons. The predicted octanol–water partition coefficient (Wildman–Crippen LogP) is 2.75. The van der Waals surface area contributed by atoms with Gasteiger partial charge in [0.2, 0.25) is 0 Å². The van der Waals surface area contributed by atoms with E-state index in [-0.39, 0.29) is 12.2 Å². The molecule has 0 spiro atoms. The number of ether oxygens (including phenoxy) is 1.